The molecular weight excluding hydrogens is 562 g/mol. The molecule has 0 aliphatic heterocycles. The Kier molecular flexibility index (Phi) is 7.14. The molecule has 0 saturated heterocycles. The van der Waals surface area contributed by atoms with Gasteiger partial charge in [0.2, 0.25) is 0 Å². The Morgan fingerprint density at radius 2 is 1.26 bits per heavy atom. The summed E-state index contributed by atoms with van der Waals surface area (Å²) in [5.41, 5.74) is 10.0. The standard InChI is InChI=1S/C41H29N5/c1-4-12-33(13-5-1)45(34-14-6-2-7-15-34)36-26-24-31(25-27-36)39-29-42-38(28-43-39)30-20-22-32(23-21-30)41-44-37-18-10-11-19-40(37)46(41)35-16-8-3-9-17-35/h1-19,22,24-30H,20H2. The molecule has 1 atom stereocenters. The Morgan fingerprint density at radius 1 is 0.630 bits per heavy atom. The third-order valence-electron chi connectivity index (χ3n) is 8.23. The van der Waals surface area contributed by atoms with Crippen LogP contribution in [0.2, 0.25) is 0 Å². The lowest BCUT2D eigenvalue weighted by molar-refractivity contribution is 0.834. The van der Waals surface area contributed by atoms with Crippen molar-refractivity contribution >= 4 is 33.7 Å². The first-order chi connectivity index (χ1) is 22.8. The first-order valence-electron chi connectivity index (χ1n) is 15.4. The zero-order valence-corrected chi connectivity index (χ0v) is 25.0. The Morgan fingerprint density at radius 3 is 1.89 bits per heavy atom. The van der Waals surface area contributed by atoms with Crippen LogP contribution in [-0.2, 0) is 0 Å². The number of hydrogen-bond acceptors (Lipinski definition) is 4. The summed E-state index contributed by atoms with van der Waals surface area (Å²) in [6, 6.07) is 47.8. The smallest absolute Gasteiger partial charge is 0.153 e. The molecule has 0 radical (unpaired) electrons. The molecule has 46 heavy (non-hydrogen) atoms. The molecule has 5 heteroatoms. The van der Waals surface area contributed by atoms with Gasteiger partial charge in [0.05, 0.1) is 46.3 Å². The van der Waals surface area contributed by atoms with Gasteiger partial charge in [0.15, 0.2) is 5.82 Å². The van der Waals surface area contributed by atoms with Crippen molar-refractivity contribution in [1.82, 2.24) is 19.5 Å². The number of para-hydroxylation sites is 5. The van der Waals surface area contributed by atoms with Crippen LogP contribution in [0.15, 0.2) is 158 Å². The van der Waals surface area contributed by atoms with Crippen LogP contribution in [0.3, 0.4) is 0 Å². The third-order valence-corrected chi connectivity index (χ3v) is 8.23. The summed E-state index contributed by atoms with van der Waals surface area (Å²) < 4.78 is 2.19. The Balaban J connectivity index is 1.03. The number of anilines is 3. The highest BCUT2D eigenvalue weighted by Crippen LogP contribution is 2.35. The zero-order valence-electron chi connectivity index (χ0n) is 25.0. The second-order valence-electron chi connectivity index (χ2n) is 11.2. The van der Waals surface area contributed by atoms with Crippen LogP contribution in [-0.4, -0.2) is 19.5 Å². The van der Waals surface area contributed by atoms with Gasteiger partial charge < -0.3 is 4.90 Å². The zero-order chi connectivity index (χ0) is 30.7. The highest BCUT2D eigenvalue weighted by atomic mass is 15.1. The van der Waals surface area contributed by atoms with E-state index >= 15 is 0 Å². The van der Waals surface area contributed by atoms with Crippen LogP contribution in [0.1, 0.15) is 23.9 Å². The molecule has 0 bridgehead atoms. The van der Waals surface area contributed by atoms with E-state index in [4.69, 9.17) is 15.0 Å². The second-order valence-corrected chi connectivity index (χ2v) is 11.2. The van der Waals surface area contributed by atoms with Crippen molar-refractivity contribution in [3.05, 3.63) is 170 Å². The van der Waals surface area contributed by atoms with Gasteiger partial charge in [-0.15, -0.1) is 0 Å². The molecule has 1 unspecified atom stereocenters. The van der Waals surface area contributed by atoms with Crippen molar-refractivity contribution in [1.29, 1.82) is 0 Å². The molecule has 8 rings (SSSR count). The highest BCUT2D eigenvalue weighted by Gasteiger charge is 2.20. The molecule has 1 aliphatic carbocycles. The Labute approximate surface area is 268 Å². The quantitative estimate of drug-likeness (QED) is 0.173. The van der Waals surface area contributed by atoms with Gasteiger partial charge in [-0.1, -0.05) is 96.8 Å². The number of fused-ring (bicyclic) bond motifs is 1. The molecule has 0 N–H and O–H groups in total. The van der Waals surface area contributed by atoms with E-state index in [9.17, 15) is 0 Å². The molecule has 0 saturated carbocycles. The Hall–Kier alpha value is -6.25. The molecule has 1 aliphatic rings. The van der Waals surface area contributed by atoms with Crippen LogP contribution in [0.4, 0.5) is 17.1 Å². The summed E-state index contributed by atoms with van der Waals surface area (Å²) in [4.78, 5) is 16.8. The summed E-state index contributed by atoms with van der Waals surface area (Å²) in [5.74, 6) is 7.68. The van der Waals surface area contributed by atoms with E-state index in [-0.39, 0.29) is 5.92 Å². The van der Waals surface area contributed by atoms with Crippen molar-refractivity contribution < 1.29 is 0 Å². The number of hydrogen-bond donors (Lipinski definition) is 0. The largest absolute Gasteiger partial charge is 0.311 e. The average molecular weight is 592 g/mol. The van der Waals surface area contributed by atoms with Gasteiger partial charge in [-0.3, -0.25) is 14.5 Å². The fourth-order valence-electron chi connectivity index (χ4n) is 5.95. The molecule has 0 fully saturated rings. The maximum absolute atomic E-state index is 4.97. The van der Waals surface area contributed by atoms with Crippen molar-refractivity contribution in [2.75, 3.05) is 4.90 Å². The first-order valence-corrected chi connectivity index (χ1v) is 15.4. The summed E-state index contributed by atoms with van der Waals surface area (Å²) in [5, 5.41) is 0. The van der Waals surface area contributed by atoms with E-state index in [2.05, 4.69) is 118 Å². The molecule has 5 nitrogen and oxygen atoms in total. The summed E-state index contributed by atoms with van der Waals surface area (Å²) in [6.45, 7) is 0. The van der Waals surface area contributed by atoms with E-state index in [1.54, 1.807) is 0 Å². The van der Waals surface area contributed by atoms with Gasteiger partial charge in [0.1, 0.15) is 0 Å². The lowest BCUT2D eigenvalue weighted by Gasteiger charge is -2.25. The predicted octanol–water partition coefficient (Wildman–Crippen LogP) is 9.53. The number of benzene rings is 5. The Bertz CT molecular complexity index is 2170. The predicted molar refractivity (Wildman–Crippen MR) is 186 cm³/mol. The van der Waals surface area contributed by atoms with Gasteiger partial charge in [-0.05, 0) is 67.1 Å². The van der Waals surface area contributed by atoms with Gasteiger partial charge in [-0.2, -0.15) is 0 Å². The number of rotatable bonds is 7. The van der Waals surface area contributed by atoms with E-state index in [1.807, 2.05) is 60.9 Å². The third kappa shape index (κ3) is 5.23. The topological polar surface area (TPSA) is 46.8 Å². The highest BCUT2D eigenvalue weighted by molar-refractivity contribution is 5.86. The maximum atomic E-state index is 4.97. The van der Waals surface area contributed by atoms with Gasteiger partial charge >= 0.3 is 0 Å². The molecule has 7 aromatic rings. The van der Waals surface area contributed by atoms with E-state index in [0.717, 1.165) is 68.6 Å². The number of aromatic nitrogens is 4. The minimum absolute atomic E-state index is 0.0208. The summed E-state index contributed by atoms with van der Waals surface area (Å²) in [6.07, 6.45) is 6.65. The molecule has 5 aromatic carbocycles. The van der Waals surface area contributed by atoms with E-state index in [1.165, 1.54) is 0 Å². The monoisotopic (exact) mass is 591 g/mol. The van der Waals surface area contributed by atoms with Crippen molar-refractivity contribution in [3.63, 3.8) is 0 Å². The molecule has 2 heterocycles. The van der Waals surface area contributed by atoms with Gasteiger partial charge in [-0.25, -0.2) is 4.98 Å². The maximum Gasteiger partial charge on any atom is 0.153 e. The second kappa shape index (κ2) is 12.0. The molecular formula is C41H29N5. The molecule has 0 amide bonds. The van der Waals surface area contributed by atoms with Crippen molar-refractivity contribution in [2.24, 2.45) is 0 Å². The average Bonchev–Trinajstić information content (AvgIpc) is 3.53. The molecule has 2 aromatic heterocycles. The first kappa shape index (κ1) is 27.3. The van der Waals surface area contributed by atoms with E-state index < -0.39 is 0 Å². The molecule has 218 valence electrons. The van der Waals surface area contributed by atoms with Crippen LogP contribution in [0.25, 0.3) is 33.6 Å². The molecule has 0 spiro atoms. The van der Waals surface area contributed by atoms with Crippen LogP contribution in [0, 0.1) is 11.8 Å². The van der Waals surface area contributed by atoms with Crippen molar-refractivity contribution in [2.45, 2.75) is 12.3 Å². The van der Waals surface area contributed by atoms with Crippen LogP contribution in [0.5, 0.6) is 0 Å². The fourth-order valence-corrected chi connectivity index (χ4v) is 5.95. The van der Waals surface area contributed by atoms with Crippen molar-refractivity contribution in [3.8, 4) is 28.8 Å². The number of allylic oxidation sites excluding steroid dienone is 2. The minimum atomic E-state index is -0.0208. The normalized spacial score (nSPS) is 13.9. The van der Waals surface area contributed by atoms with Crippen LogP contribution >= 0.6 is 0 Å². The van der Waals surface area contributed by atoms with Crippen LogP contribution < -0.4 is 4.90 Å². The summed E-state index contributed by atoms with van der Waals surface area (Å²) >= 11 is 0. The minimum Gasteiger partial charge on any atom is -0.311 e. The van der Waals surface area contributed by atoms with Gasteiger partial charge in [0.25, 0.3) is 0 Å². The van der Waals surface area contributed by atoms with E-state index in [0.29, 0.717) is 0 Å². The summed E-state index contributed by atoms with van der Waals surface area (Å²) in [7, 11) is 0. The lowest BCUT2D eigenvalue weighted by Crippen LogP contribution is -2.09. The lowest BCUT2D eigenvalue weighted by atomic mass is 9.96. The van der Waals surface area contributed by atoms with Gasteiger partial charge in [0, 0.05) is 28.3 Å². The number of nitrogens with zero attached hydrogens (tertiary/aromatic N) is 5. The SMILES string of the molecule is C1#CC(c2cnc(-c3ccc(N(c4ccccc4)c4ccccc4)cc3)cn2)CC=C1c1nc2ccccc2n1-c1ccccc1. The number of imidazole rings is 1. The fraction of sp³-hybridized carbons (Fsp3) is 0.0488.